The number of carbonyl (C=O) groups excluding carboxylic acids is 1. The van der Waals surface area contributed by atoms with Gasteiger partial charge in [0.25, 0.3) is 0 Å². The lowest BCUT2D eigenvalue weighted by Crippen LogP contribution is -2.37. The quantitative estimate of drug-likeness (QED) is 0.693. The number of hydrogen-bond donors (Lipinski definition) is 0. The van der Waals surface area contributed by atoms with Gasteiger partial charge in [0.05, 0.1) is 24.6 Å². The molecule has 1 rings (SSSR count). The molecule has 0 unspecified atom stereocenters. The summed E-state index contributed by atoms with van der Waals surface area (Å²) in [6.07, 6.45) is 0.345. The first-order valence-electron chi connectivity index (χ1n) is 6.32. The van der Waals surface area contributed by atoms with Gasteiger partial charge in [-0.3, -0.25) is 4.79 Å². The van der Waals surface area contributed by atoms with Crippen LogP contribution in [0.5, 0.6) is 0 Å². The number of halogens is 1. The monoisotopic (exact) mass is 304 g/mol. The zero-order valence-electron chi connectivity index (χ0n) is 11.7. The number of ether oxygens (including phenoxy) is 1. The van der Waals surface area contributed by atoms with Crippen LogP contribution in [0.3, 0.4) is 0 Å². The fourth-order valence-corrected chi connectivity index (χ4v) is 2.71. The topological polar surface area (TPSA) is 42.4 Å². The van der Waals surface area contributed by atoms with Crippen LogP contribution in [0.4, 0.5) is 0 Å². The fraction of sp³-hybridized carbons (Fsp3) is 0.692. The molecule has 0 aliphatic carbocycles. The van der Waals surface area contributed by atoms with Crippen molar-refractivity contribution in [2.75, 3.05) is 26.8 Å². The maximum Gasteiger partial charge on any atom is 0.229 e. The van der Waals surface area contributed by atoms with E-state index in [0.717, 1.165) is 17.2 Å². The van der Waals surface area contributed by atoms with Crippen molar-refractivity contribution in [3.8, 4) is 0 Å². The van der Waals surface area contributed by atoms with E-state index in [1.165, 1.54) is 11.3 Å². The molecule has 0 aliphatic rings. The summed E-state index contributed by atoms with van der Waals surface area (Å²) in [7, 11) is 1.64. The van der Waals surface area contributed by atoms with Crippen LogP contribution in [0.1, 0.15) is 24.5 Å². The molecule has 1 amide bonds. The molecule has 0 fully saturated rings. The van der Waals surface area contributed by atoms with Crippen molar-refractivity contribution >= 4 is 28.8 Å². The van der Waals surface area contributed by atoms with Crippen LogP contribution in [0.15, 0.2) is 5.38 Å². The molecule has 1 aromatic heterocycles. The van der Waals surface area contributed by atoms with Gasteiger partial charge in [-0.05, 0) is 5.92 Å². The van der Waals surface area contributed by atoms with E-state index in [1.54, 1.807) is 7.11 Å². The average molecular weight is 305 g/mol. The van der Waals surface area contributed by atoms with E-state index in [-0.39, 0.29) is 5.91 Å². The Kier molecular flexibility index (Phi) is 7.34. The van der Waals surface area contributed by atoms with Crippen LogP contribution in [-0.2, 0) is 21.8 Å². The molecule has 0 N–H and O–H groups in total. The van der Waals surface area contributed by atoms with E-state index >= 15 is 0 Å². The Morgan fingerprint density at radius 1 is 1.58 bits per heavy atom. The SMILES string of the molecule is COCCN(CC(C)C)C(=O)Cc1nc(CCl)cs1. The smallest absolute Gasteiger partial charge is 0.229 e. The highest BCUT2D eigenvalue weighted by Crippen LogP contribution is 2.13. The summed E-state index contributed by atoms with van der Waals surface area (Å²) in [6, 6.07) is 0. The Morgan fingerprint density at radius 3 is 2.84 bits per heavy atom. The number of rotatable bonds is 8. The Labute approximate surface area is 123 Å². The van der Waals surface area contributed by atoms with E-state index in [0.29, 0.717) is 31.4 Å². The first-order valence-corrected chi connectivity index (χ1v) is 7.74. The number of carbonyl (C=O) groups is 1. The molecule has 108 valence electrons. The minimum atomic E-state index is 0.0984. The highest BCUT2D eigenvalue weighted by Gasteiger charge is 2.16. The van der Waals surface area contributed by atoms with Crippen LogP contribution in [0.2, 0.25) is 0 Å². The summed E-state index contributed by atoms with van der Waals surface area (Å²) in [6.45, 7) is 6.13. The van der Waals surface area contributed by atoms with Crippen molar-refractivity contribution in [2.45, 2.75) is 26.1 Å². The minimum absolute atomic E-state index is 0.0984. The molecule has 0 radical (unpaired) electrons. The van der Waals surface area contributed by atoms with Crippen molar-refractivity contribution in [1.82, 2.24) is 9.88 Å². The second-order valence-corrected chi connectivity index (χ2v) is 5.98. The van der Waals surface area contributed by atoms with E-state index in [1.807, 2.05) is 10.3 Å². The Balaban J connectivity index is 2.59. The number of amides is 1. The van der Waals surface area contributed by atoms with Crippen molar-refractivity contribution < 1.29 is 9.53 Å². The zero-order chi connectivity index (χ0) is 14.3. The van der Waals surface area contributed by atoms with Crippen LogP contribution in [-0.4, -0.2) is 42.6 Å². The Bertz CT molecular complexity index is 396. The third kappa shape index (κ3) is 5.89. The second kappa shape index (κ2) is 8.51. The second-order valence-electron chi connectivity index (χ2n) is 4.77. The lowest BCUT2D eigenvalue weighted by Gasteiger charge is -2.24. The molecule has 0 spiro atoms. The summed E-state index contributed by atoms with van der Waals surface area (Å²) >= 11 is 7.20. The van der Waals surface area contributed by atoms with Gasteiger partial charge in [-0.15, -0.1) is 22.9 Å². The van der Waals surface area contributed by atoms with Gasteiger partial charge < -0.3 is 9.64 Å². The molecule has 1 aromatic rings. The number of aromatic nitrogens is 1. The molecule has 4 nitrogen and oxygen atoms in total. The predicted octanol–water partition coefficient (Wildman–Crippen LogP) is 2.56. The largest absolute Gasteiger partial charge is 0.383 e. The number of methoxy groups -OCH3 is 1. The third-order valence-electron chi connectivity index (χ3n) is 2.54. The van der Waals surface area contributed by atoms with Crippen molar-refractivity contribution in [3.63, 3.8) is 0 Å². The van der Waals surface area contributed by atoms with Gasteiger partial charge in [0.2, 0.25) is 5.91 Å². The predicted molar refractivity (Wildman–Crippen MR) is 78.7 cm³/mol. The first kappa shape index (κ1) is 16.4. The summed E-state index contributed by atoms with van der Waals surface area (Å²) in [5, 5.41) is 2.73. The van der Waals surface area contributed by atoms with E-state index in [9.17, 15) is 4.79 Å². The normalized spacial score (nSPS) is 11.0. The van der Waals surface area contributed by atoms with Gasteiger partial charge in [0.15, 0.2) is 0 Å². The van der Waals surface area contributed by atoms with E-state index in [2.05, 4.69) is 18.8 Å². The van der Waals surface area contributed by atoms with Crippen LogP contribution >= 0.6 is 22.9 Å². The van der Waals surface area contributed by atoms with Crippen LogP contribution < -0.4 is 0 Å². The summed E-state index contributed by atoms with van der Waals surface area (Å²) < 4.78 is 5.05. The van der Waals surface area contributed by atoms with Gasteiger partial charge in [0.1, 0.15) is 5.01 Å². The molecule has 0 bridgehead atoms. The van der Waals surface area contributed by atoms with Crippen molar-refractivity contribution in [3.05, 3.63) is 16.1 Å². The third-order valence-corrected chi connectivity index (χ3v) is 3.71. The fourth-order valence-electron chi connectivity index (χ4n) is 1.69. The molecular formula is C13H21ClN2O2S. The standard InChI is InChI=1S/C13H21ClN2O2S/c1-10(2)8-16(4-5-18-3)13(17)6-12-15-11(7-14)9-19-12/h9-10H,4-8H2,1-3H3. The average Bonchev–Trinajstić information content (AvgIpc) is 2.81. The lowest BCUT2D eigenvalue weighted by molar-refractivity contribution is -0.131. The van der Waals surface area contributed by atoms with Gasteiger partial charge >= 0.3 is 0 Å². The first-order chi connectivity index (χ1) is 9.06. The van der Waals surface area contributed by atoms with E-state index in [4.69, 9.17) is 16.3 Å². The van der Waals surface area contributed by atoms with Gasteiger partial charge in [-0.2, -0.15) is 0 Å². The number of nitrogens with zero attached hydrogens (tertiary/aromatic N) is 2. The highest BCUT2D eigenvalue weighted by molar-refractivity contribution is 7.09. The summed E-state index contributed by atoms with van der Waals surface area (Å²) in [4.78, 5) is 18.4. The molecule has 0 aromatic carbocycles. The van der Waals surface area contributed by atoms with E-state index < -0.39 is 0 Å². The molecule has 1 heterocycles. The van der Waals surface area contributed by atoms with Gasteiger partial charge in [0, 0.05) is 25.6 Å². The molecule has 0 atom stereocenters. The van der Waals surface area contributed by atoms with Crippen LogP contribution in [0.25, 0.3) is 0 Å². The Hall–Kier alpha value is -0.650. The highest BCUT2D eigenvalue weighted by atomic mass is 35.5. The maximum absolute atomic E-state index is 12.3. The van der Waals surface area contributed by atoms with Gasteiger partial charge in [-0.25, -0.2) is 4.98 Å². The Morgan fingerprint density at radius 2 is 2.32 bits per heavy atom. The number of alkyl halides is 1. The molecular weight excluding hydrogens is 284 g/mol. The number of thiazole rings is 1. The van der Waals surface area contributed by atoms with Crippen molar-refractivity contribution in [2.24, 2.45) is 5.92 Å². The zero-order valence-corrected chi connectivity index (χ0v) is 13.3. The summed E-state index contributed by atoms with van der Waals surface area (Å²) in [5.41, 5.74) is 0.835. The summed E-state index contributed by atoms with van der Waals surface area (Å²) in [5.74, 6) is 0.932. The minimum Gasteiger partial charge on any atom is -0.383 e. The van der Waals surface area contributed by atoms with Crippen molar-refractivity contribution in [1.29, 1.82) is 0 Å². The molecule has 0 saturated heterocycles. The van der Waals surface area contributed by atoms with Gasteiger partial charge in [-0.1, -0.05) is 13.8 Å². The molecule has 0 saturated carbocycles. The molecule has 19 heavy (non-hydrogen) atoms. The molecule has 0 aliphatic heterocycles. The molecule has 6 heteroatoms. The lowest BCUT2D eigenvalue weighted by atomic mass is 10.2. The van der Waals surface area contributed by atoms with Crippen LogP contribution in [0, 0.1) is 5.92 Å². The number of hydrogen-bond acceptors (Lipinski definition) is 4. The maximum atomic E-state index is 12.3.